The topological polar surface area (TPSA) is 21.3 Å². The molecule has 0 radical (unpaired) electrons. The highest BCUT2D eigenvalue weighted by Crippen LogP contribution is 2.71. The molecule has 0 aromatic heterocycles. The molecule has 2 saturated heterocycles. The fraction of sp³-hybridized carbons (Fsp3) is 0.625. The van der Waals surface area contributed by atoms with Crippen LogP contribution in [0, 0.1) is 5.41 Å². The van der Waals surface area contributed by atoms with Gasteiger partial charge in [0, 0.05) is 24.0 Å². The van der Waals surface area contributed by atoms with E-state index in [-0.39, 0.29) is 10.8 Å². The lowest BCUT2D eigenvalue weighted by Crippen LogP contribution is -2.44. The van der Waals surface area contributed by atoms with Crippen LogP contribution in [0.15, 0.2) is 18.2 Å². The average Bonchev–Trinajstić information content (AvgIpc) is 2.86. The van der Waals surface area contributed by atoms with Gasteiger partial charge in [-0.15, -0.1) is 0 Å². The summed E-state index contributed by atoms with van der Waals surface area (Å²) in [4.78, 5) is 0. The zero-order chi connectivity index (χ0) is 13.8. The van der Waals surface area contributed by atoms with Gasteiger partial charge in [0.05, 0.1) is 16.1 Å². The molecule has 1 saturated carbocycles. The maximum Gasteiger partial charge on any atom is 0.0653 e. The summed E-state index contributed by atoms with van der Waals surface area (Å²) in [6, 6.07) is 6.18. The highest BCUT2D eigenvalue weighted by molar-refractivity contribution is 6.42. The highest BCUT2D eigenvalue weighted by atomic mass is 35.5. The molecule has 2 heterocycles. The average molecular weight is 312 g/mol. The third-order valence-corrected chi connectivity index (χ3v) is 6.37. The van der Waals surface area contributed by atoms with E-state index in [2.05, 4.69) is 17.4 Å². The van der Waals surface area contributed by atoms with Crippen LogP contribution >= 0.6 is 23.2 Å². The van der Waals surface area contributed by atoms with E-state index in [1.807, 2.05) is 6.07 Å². The van der Waals surface area contributed by atoms with Gasteiger partial charge in [0.15, 0.2) is 0 Å². The van der Waals surface area contributed by atoms with Gasteiger partial charge >= 0.3 is 0 Å². The minimum Gasteiger partial charge on any atom is -0.378 e. The molecule has 1 aliphatic carbocycles. The summed E-state index contributed by atoms with van der Waals surface area (Å²) in [6.07, 6.45) is 5.19. The molecule has 0 bridgehead atoms. The molecular formula is C16H19Cl2NO. The first kappa shape index (κ1) is 13.4. The third-order valence-electron chi connectivity index (χ3n) is 5.63. The van der Waals surface area contributed by atoms with Crippen LogP contribution in [0.3, 0.4) is 0 Å². The van der Waals surface area contributed by atoms with E-state index in [1.165, 1.54) is 31.2 Å². The first-order chi connectivity index (χ1) is 9.68. The van der Waals surface area contributed by atoms with E-state index in [0.29, 0.717) is 16.1 Å². The monoisotopic (exact) mass is 311 g/mol. The van der Waals surface area contributed by atoms with Gasteiger partial charge in [-0.1, -0.05) is 29.3 Å². The molecule has 1 N–H and O–H groups in total. The van der Waals surface area contributed by atoms with Crippen molar-refractivity contribution < 1.29 is 4.74 Å². The van der Waals surface area contributed by atoms with Crippen molar-refractivity contribution in [3.8, 4) is 0 Å². The maximum absolute atomic E-state index is 6.24. The van der Waals surface area contributed by atoms with E-state index >= 15 is 0 Å². The molecule has 4 rings (SSSR count). The van der Waals surface area contributed by atoms with Crippen molar-refractivity contribution in [3.05, 3.63) is 33.8 Å². The highest BCUT2D eigenvalue weighted by Gasteiger charge is 2.72. The minimum atomic E-state index is 0.251. The lowest BCUT2D eigenvalue weighted by atomic mass is 9.77. The molecule has 2 nitrogen and oxygen atoms in total. The maximum atomic E-state index is 6.24. The number of hydrogen-bond donors (Lipinski definition) is 1. The predicted molar refractivity (Wildman–Crippen MR) is 81.7 cm³/mol. The minimum absolute atomic E-state index is 0.251. The molecule has 0 spiro atoms. The first-order valence-corrected chi connectivity index (χ1v) is 8.21. The third kappa shape index (κ3) is 1.72. The van der Waals surface area contributed by atoms with Crippen LogP contribution in [0.2, 0.25) is 10.0 Å². The Hall–Kier alpha value is -0.280. The number of piperidine rings is 1. The van der Waals surface area contributed by atoms with Crippen molar-refractivity contribution in [2.45, 2.75) is 37.2 Å². The predicted octanol–water partition coefficient (Wildman–Crippen LogP) is 3.79. The summed E-state index contributed by atoms with van der Waals surface area (Å²) in [6.45, 7) is 3.07. The van der Waals surface area contributed by atoms with Gasteiger partial charge in [-0.2, -0.15) is 0 Å². The molecule has 2 aliphatic heterocycles. The Morgan fingerprint density at radius 1 is 1.25 bits per heavy atom. The zero-order valence-corrected chi connectivity index (χ0v) is 12.9. The Morgan fingerprint density at radius 3 is 2.90 bits per heavy atom. The molecule has 1 aromatic rings. The van der Waals surface area contributed by atoms with Crippen molar-refractivity contribution in [1.82, 2.24) is 5.32 Å². The second-order valence-corrected chi connectivity index (χ2v) is 7.29. The molecule has 4 heteroatoms. The molecule has 108 valence electrons. The lowest BCUT2D eigenvalue weighted by Gasteiger charge is -2.35. The summed E-state index contributed by atoms with van der Waals surface area (Å²) in [7, 11) is 0. The van der Waals surface area contributed by atoms with Crippen molar-refractivity contribution in [2.24, 2.45) is 5.41 Å². The quantitative estimate of drug-likeness (QED) is 0.897. The Bertz CT molecular complexity index is 543. The van der Waals surface area contributed by atoms with Crippen molar-refractivity contribution in [1.29, 1.82) is 0 Å². The van der Waals surface area contributed by atoms with Gasteiger partial charge < -0.3 is 10.1 Å². The Balaban J connectivity index is 1.73. The number of ether oxygens (including phenoxy) is 1. The van der Waals surface area contributed by atoms with Gasteiger partial charge in [0.1, 0.15) is 0 Å². The lowest BCUT2D eigenvalue weighted by molar-refractivity contribution is 0.0329. The van der Waals surface area contributed by atoms with Gasteiger partial charge in [0.2, 0.25) is 0 Å². The summed E-state index contributed by atoms with van der Waals surface area (Å²) in [5.74, 6) is 0. The summed E-state index contributed by atoms with van der Waals surface area (Å²) in [5, 5.41) is 4.89. The van der Waals surface area contributed by atoms with Gasteiger partial charge in [-0.05, 0) is 49.9 Å². The second-order valence-electron chi connectivity index (χ2n) is 6.47. The molecule has 20 heavy (non-hydrogen) atoms. The molecule has 1 aromatic carbocycles. The van der Waals surface area contributed by atoms with Crippen LogP contribution in [0.4, 0.5) is 0 Å². The van der Waals surface area contributed by atoms with E-state index in [0.717, 1.165) is 19.7 Å². The smallest absolute Gasteiger partial charge is 0.0653 e. The Morgan fingerprint density at radius 2 is 2.15 bits per heavy atom. The van der Waals surface area contributed by atoms with Crippen LogP contribution < -0.4 is 5.32 Å². The molecule has 3 fully saturated rings. The number of fused-ring (bicyclic) bond motifs is 1. The molecular weight excluding hydrogens is 293 g/mol. The van der Waals surface area contributed by atoms with Gasteiger partial charge in [-0.3, -0.25) is 0 Å². The molecule has 3 atom stereocenters. The molecule has 1 unspecified atom stereocenters. The Kier molecular flexibility index (Phi) is 3.08. The van der Waals surface area contributed by atoms with Crippen LogP contribution in [-0.2, 0) is 10.2 Å². The van der Waals surface area contributed by atoms with Crippen molar-refractivity contribution >= 4 is 23.2 Å². The van der Waals surface area contributed by atoms with E-state index in [1.54, 1.807) is 0 Å². The van der Waals surface area contributed by atoms with E-state index in [4.69, 9.17) is 27.9 Å². The van der Waals surface area contributed by atoms with E-state index < -0.39 is 0 Å². The number of benzene rings is 1. The van der Waals surface area contributed by atoms with Crippen molar-refractivity contribution in [2.75, 3.05) is 19.7 Å². The fourth-order valence-electron chi connectivity index (χ4n) is 4.55. The number of halogens is 2. The second kappa shape index (κ2) is 4.61. The summed E-state index contributed by atoms with van der Waals surface area (Å²) >= 11 is 12.3. The van der Waals surface area contributed by atoms with Crippen LogP contribution in [0.5, 0.6) is 0 Å². The van der Waals surface area contributed by atoms with Crippen LogP contribution in [0.1, 0.15) is 31.2 Å². The number of rotatable bonds is 2. The van der Waals surface area contributed by atoms with E-state index in [9.17, 15) is 0 Å². The molecule has 0 amide bonds. The van der Waals surface area contributed by atoms with Crippen molar-refractivity contribution in [3.63, 3.8) is 0 Å². The summed E-state index contributed by atoms with van der Waals surface area (Å²) in [5.41, 5.74) is 1.88. The first-order valence-electron chi connectivity index (χ1n) is 7.46. The molecule has 3 aliphatic rings. The standard InChI is InChI=1S/C16H19Cl2NO/c17-12-4-3-11(8-13(12)18)15-5-6-19-10-16(15,9-15)14-2-1-7-20-14/h3-4,8,14,19H,1-2,5-7,9-10H2/t14-,15+,16?/m1/s1. The largest absolute Gasteiger partial charge is 0.378 e. The Labute approximate surface area is 129 Å². The fourth-order valence-corrected chi connectivity index (χ4v) is 4.85. The zero-order valence-electron chi connectivity index (χ0n) is 11.4. The van der Waals surface area contributed by atoms with Crippen LogP contribution in [0.25, 0.3) is 0 Å². The van der Waals surface area contributed by atoms with Crippen LogP contribution in [-0.4, -0.2) is 25.8 Å². The normalized spacial score (nSPS) is 39.6. The van der Waals surface area contributed by atoms with Gasteiger partial charge in [-0.25, -0.2) is 0 Å². The number of nitrogens with one attached hydrogen (secondary N) is 1. The summed E-state index contributed by atoms with van der Waals surface area (Å²) < 4.78 is 6.04. The van der Waals surface area contributed by atoms with Gasteiger partial charge in [0.25, 0.3) is 0 Å². The SMILES string of the molecule is Clc1ccc([C@@]23CCNCC2([C@H]2CCCO2)C3)cc1Cl. The number of hydrogen-bond acceptors (Lipinski definition) is 2.